The Kier molecular flexibility index (Phi) is 4.65. The number of methoxy groups -OCH3 is 1. The monoisotopic (exact) mass is 325 g/mol. The third kappa shape index (κ3) is 3.18. The number of alkyl halides is 1. The summed E-state index contributed by atoms with van der Waals surface area (Å²) in [7, 11) is 1.51. The topological polar surface area (TPSA) is 29.5 Å². The van der Waals surface area contributed by atoms with Crippen LogP contribution in [0.25, 0.3) is 6.08 Å². The summed E-state index contributed by atoms with van der Waals surface area (Å²) in [5.41, 5.74) is 2.25. The van der Waals surface area contributed by atoms with Crippen molar-refractivity contribution in [2.24, 2.45) is 0 Å². The van der Waals surface area contributed by atoms with Crippen molar-refractivity contribution >= 4 is 17.7 Å². The van der Waals surface area contributed by atoms with Crippen LogP contribution in [0.1, 0.15) is 30.6 Å². The molecule has 2 atom stereocenters. The van der Waals surface area contributed by atoms with Crippen molar-refractivity contribution in [1.29, 1.82) is 0 Å². The predicted molar refractivity (Wildman–Crippen MR) is 93.9 cm³/mol. The van der Waals surface area contributed by atoms with Gasteiger partial charge in [-0.25, -0.2) is 4.39 Å². The van der Waals surface area contributed by atoms with Crippen molar-refractivity contribution in [3.05, 3.63) is 65.7 Å². The van der Waals surface area contributed by atoms with Gasteiger partial charge in [0.2, 0.25) is 5.91 Å². The second-order valence-corrected chi connectivity index (χ2v) is 5.85. The van der Waals surface area contributed by atoms with Crippen LogP contribution in [0, 0.1) is 0 Å². The number of halogens is 1. The molecule has 0 N–H and O–H groups in total. The molecule has 1 amide bonds. The fraction of sp³-hybridized carbons (Fsp3) is 0.250. The van der Waals surface area contributed by atoms with E-state index in [1.807, 2.05) is 42.5 Å². The molecule has 1 saturated heterocycles. The summed E-state index contributed by atoms with van der Waals surface area (Å²) in [5.74, 6) is 0.540. The van der Waals surface area contributed by atoms with Gasteiger partial charge in [0.1, 0.15) is 11.9 Å². The highest BCUT2D eigenvalue weighted by atomic mass is 19.1. The predicted octanol–water partition coefficient (Wildman–Crippen LogP) is 4.54. The van der Waals surface area contributed by atoms with E-state index < -0.39 is 6.17 Å². The van der Waals surface area contributed by atoms with Gasteiger partial charge in [-0.1, -0.05) is 42.5 Å². The number of amides is 1. The molecule has 3 rings (SSSR count). The summed E-state index contributed by atoms with van der Waals surface area (Å²) in [6.45, 7) is 1.46. The first-order valence-corrected chi connectivity index (χ1v) is 7.97. The summed E-state index contributed by atoms with van der Waals surface area (Å²) in [4.78, 5) is 13.8. The Morgan fingerprint density at radius 3 is 2.62 bits per heavy atom. The van der Waals surface area contributed by atoms with Crippen LogP contribution < -0.4 is 9.64 Å². The number of hydrogen-bond donors (Lipinski definition) is 0. The van der Waals surface area contributed by atoms with E-state index in [1.165, 1.54) is 14.0 Å². The first-order valence-electron chi connectivity index (χ1n) is 7.97. The Morgan fingerprint density at radius 1 is 1.25 bits per heavy atom. The van der Waals surface area contributed by atoms with Gasteiger partial charge in [0, 0.05) is 11.3 Å². The van der Waals surface area contributed by atoms with Gasteiger partial charge in [-0.15, -0.1) is 0 Å². The quantitative estimate of drug-likeness (QED) is 0.755. The molecule has 0 aromatic heterocycles. The van der Waals surface area contributed by atoms with Gasteiger partial charge in [-0.3, -0.25) is 4.79 Å². The molecule has 1 fully saturated rings. The van der Waals surface area contributed by atoms with Crippen molar-refractivity contribution in [3.8, 4) is 5.75 Å². The van der Waals surface area contributed by atoms with Gasteiger partial charge in [0.05, 0.1) is 19.6 Å². The van der Waals surface area contributed by atoms with E-state index in [9.17, 15) is 9.18 Å². The Balaban J connectivity index is 1.84. The Hall–Kier alpha value is -2.62. The molecular formula is C20H20FNO2. The van der Waals surface area contributed by atoms with Gasteiger partial charge < -0.3 is 9.64 Å². The average molecular weight is 325 g/mol. The first-order chi connectivity index (χ1) is 11.6. The molecule has 0 radical (unpaired) electrons. The molecule has 124 valence electrons. The lowest BCUT2D eigenvalue weighted by atomic mass is 9.98. The lowest BCUT2D eigenvalue weighted by Gasteiger charge is -2.39. The van der Waals surface area contributed by atoms with Gasteiger partial charge in [0.25, 0.3) is 0 Å². The summed E-state index contributed by atoms with van der Waals surface area (Å²) in [6.07, 6.45) is 3.33. The summed E-state index contributed by atoms with van der Waals surface area (Å²) < 4.78 is 19.0. The summed E-state index contributed by atoms with van der Waals surface area (Å²) in [6, 6.07) is 15.1. The number of hydrogen-bond acceptors (Lipinski definition) is 2. The number of carbonyl (C=O) groups excluding carboxylic acids is 1. The van der Waals surface area contributed by atoms with E-state index >= 15 is 0 Å². The highest BCUT2D eigenvalue weighted by Crippen LogP contribution is 2.35. The Morgan fingerprint density at radius 2 is 2.00 bits per heavy atom. The zero-order valence-electron chi connectivity index (χ0n) is 13.8. The first kappa shape index (κ1) is 16.2. The zero-order valence-corrected chi connectivity index (χ0v) is 13.8. The molecule has 2 aromatic rings. The molecule has 1 aliphatic heterocycles. The van der Waals surface area contributed by atoms with Gasteiger partial charge in [0.15, 0.2) is 0 Å². The number of β-lactam (4-membered cyclic amide) rings is 1. The van der Waals surface area contributed by atoms with Crippen LogP contribution in [0.15, 0.2) is 54.6 Å². The third-order valence-corrected chi connectivity index (χ3v) is 4.21. The molecule has 1 aliphatic rings. The minimum atomic E-state index is -1.16. The van der Waals surface area contributed by atoms with Gasteiger partial charge >= 0.3 is 0 Å². The number of carbonyl (C=O) groups is 1. The number of anilines is 1. The molecule has 24 heavy (non-hydrogen) atoms. The highest BCUT2D eigenvalue weighted by molar-refractivity contribution is 6.02. The molecule has 3 nitrogen and oxygen atoms in total. The van der Waals surface area contributed by atoms with Crippen LogP contribution in [0.3, 0.4) is 0 Å². The van der Waals surface area contributed by atoms with Crippen molar-refractivity contribution in [3.63, 3.8) is 0 Å². The Bertz CT molecular complexity index is 755. The van der Waals surface area contributed by atoms with Crippen molar-refractivity contribution < 1.29 is 13.9 Å². The van der Waals surface area contributed by atoms with Crippen LogP contribution in [-0.4, -0.2) is 19.1 Å². The maximum Gasteiger partial charge on any atom is 0.229 e. The smallest absolute Gasteiger partial charge is 0.229 e. The number of nitrogens with zero attached hydrogens (tertiary/aromatic N) is 1. The van der Waals surface area contributed by atoms with Crippen LogP contribution in [0.5, 0.6) is 5.75 Å². The molecule has 0 aliphatic carbocycles. The van der Waals surface area contributed by atoms with E-state index in [-0.39, 0.29) is 11.9 Å². The second kappa shape index (κ2) is 6.87. The van der Waals surface area contributed by atoms with Crippen LogP contribution in [-0.2, 0) is 4.79 Å². The second-order valence-electron chi connectivity index (χ2n) is 5.85. The minimum Gasteiger partial charge on any atom is -0.496 e. The fourth-order valence-corrected chi connectivity index (χ4v) is 2.90. The zero-order chi connectivity index (χ0) is 17.1. The lowest BCUT2D eigenvalue weighted by Crippen LogP contribution is -2.51. The molecule has 0 bridgehead atoms. The normalized spacial score (nSPS) is 18.5. The molecule has 0 spiro atoms. The molecule has 2 aromatic carbocycles. The van der Waals surface area contributed by atoms with Gasteiger partial charge in [-0.2, -0.15) is 0 Å². The van der Waals surface area contributed by atoms with E-state index in [2.05, 4.69) is 0 Å². The van der Waals surface area contributed by atoms with E-state index in [0.29, 0.717) is 23.4 Å². The molecule has 1 unspecified atom stereocenters. The SMILES string of the molecule is COc1ccc(N2C(=O)CC2/C=C/c2ccccc2)cc1[C@@H](C)F. The highest BCUT2D eigenvalue weighted by Gasteiger charge is 2.35. The largest absolute Gasteiger partial charge is 0.496 e. The third-order valence-electron chi connectivity index (χ3n) is 4.21. The molecular weight excluding hydrogens is 305 g/mol. The van der Waals surface area contributed by atoms with Crippen LogP contribution in [0.2, 0.25) is 0 Å². The summed E-state index contributed by atoms with van der Waals surface area (Å²) >= 11 is 0. The van der Waals surface area contributed by atoms with Crippen molar-refractivity contribution in [1.82, 2.24) is 0 Å². The van der Waals surface area contributed by atoms with Crippen LogP contribution in [0.4, 0.5) is 10.1 Å². The molecule has 1 heterocycles. The molecule has 0 saturated carbocycles. The average Bonchev–Trinajstić information content (AvgIpc) is 2.59. The summed E-state index contributed by atoms with van der Waals surface area (Å²) in [5, 5.41) is 0. The standard InChI is InChI=1S/C20H20FNO2/c1-14(21)18-12-16(10-11-19(18)24-2)22-17(13-20(22)23)9-8-15-6-4-3-5-7-15/h3-12,14,17H,13H2,1-2H3/b9-8+/t14-,17?/m1/s1. The lowest BCUT2D eigenvalue weighted by molar-refractivity contribution is -0.123. The van der Waals surface area contributed by atoms with E-state index in [1.54, 1.807) is 23.1 Å². The van der Waals surface area contributed by atoms with E-state index in [4.69, 9.17) is 4.74 Å². The van der Waals surface area contributed by atoms with Gasteiger partial charge in [-0.05, 0) is 30.7 Å². The van der Waals surface area contributed by atoms with Crippen molar-refractivity contribution in [2.75, 3.05) is 12.0 Å². The minimum absolute atomic E-state index is 0.00568. The number of ether oxygens (including phenoxy) is 1. The fourth-order valence-electron chi connectivity index (χ4n) is 2.90. The number of rotatable bonds is 5. The Labute approximate surface area is 141 Å². The maximum absolute atomic E-state index is 13.8. The molecule has 4 heteroatoms. The van der Waals surface area contributed by atoms with Crippen LogP contribution >= 0.6 is 0 Å². The maximum atomic E-state index is 13.8. The number of benzene rings is 2. The van der Waals surface area contributed by atoms with Crippen molar-refractivity contribution in [2.45, 2.75) is 25.6 Å². The van der Waals surface area contributed by atoms with E-state index in [0.717, 1.165) is 5.56 Å².